The average Bonchev–Trinajstić information content (AvgIpc) is 2.46. The summed E-state index contributed by atoms with van der Waals surface area (Å²) < 4.78 is 13.5. The van der Waals surface area contributed by atoms with Crippen LogP contribution < -0.4 is 11.1 Å². The minimum Gasteiger partial charge on any atom is -0.409 e. The van der Waals surface area contributed by atoms with Gasteiger partial charge < -0.3 is 16.3 Å². The maximum atomic E-state index is 13.5. The second-order valence-electron chi connectivity index (χ2n) is 4.12. The summed E-state index contributed by atoms with van der Waals surface area (Å²) in [6.07, 6.45) is 0. The SMILES string of the molecule is N/C(=N/O)c1ccc(CNc2ccccc2F)c(Cl)c1. The van der Waals surface area contributed by atoms with E-state index in [9.17, 15) is 4.39 Å². The van der Waals surface area contributed by atoms with Gasteiger partial charge in [0.15, 0.2) is 5.84 Å². The molecular formula is C14H13ClFN3O. The Kier molecular flexibility index (Phi) is 4.42. The van der Waals surface area contributed by atoms with Gasteiger partial charge in [0.2, 0.25) is 0 Å². The molecular weight excluding hydrogens is 281 g/mol. The number of nitrogens with two attached hydrogens (primary N) is 1. The molecule has 0 saturated carbocycles. The summed E-state index contributed by atoms with van der Waals surface area (Å²) in [6.45, 7) is 0.371. The number of anilines is 1. The molecule has 0 unspecified atom stereocenters. The van der Waals surface area contributed by atoms with Gasteiger partial charge in [-0.15, -0.1) is 0 Å². The zero-order valence-electron chi connectivity index (χ0n) is 10.5. The predicted molar refractivity (Wildman–Crippen MR) is 77.7 cm³/mol. The van der Waals surface area contributed by atoms with Crippen molar-refractivity contribution in [3.05, 3.63) is 64.4 Å². The third-order valence-electron chi connectivity index (χ3n) is 2.80. The average molecular weight is 294 g/mol. The number of oxime groups is 1. The summed E-state index contributed by atoms with van der Waals surface area (Å²) in [4.78, 5) is 0. The maximum Gasteiger partial charge on any atom is 0.170 e. The molecule has 0 heterocycles. The van der Waals surface area contributed by atoms with E-state index in [1.165, 1.54) is 6.07 Å². The molecule has 0 radical (unpaired) electrons. The molecule has 104 valence electrons. The second-order valence-corrected chi connectivity index (χ2v) is 4.53. The normalized spacial score (nSPS) is 11.4. The first-order chi connectivity index (χ1) is 9.61. The lowest BCUT2D eigenvalue weighted by Crippen LogP contribution is -2.13. The van der Waals surface area contributed by atoms with Gasteiger partial charge in [0, 0.05) is 17.1 Å². The molecule has 4 nitrogen and oxygen atoms in total. The number of rotatable bonds is 4. The maximum absolute atomic E-state index is 13.5. The number of benzene rings is 2. The van der Waals surface area contributed by atoms with Crippen molar-refractivity contribution in [2.24, 2.45) is 10.9 Å². The molecule has 2 rings (SSSR count). The Balaban J connectivity index is 2.13. The summed E-state index contributed by atoms with van der Waals surface area (Å²) in [5, 5.41) is 14.9. The lowest BCUT2D eigenvalue weighted by atomic mass is 10.1. The molecule has 0 aliphatic carbocycles. The number of amidine groups is 1. The quantitative estimate of drug-likeness (QED) is 0.351. The summed E-state index contributed by atoms with van der Waals surface area (Å²) in [7, 11) is 0. The molecule has 0 aliphatic rings. The van der Waals surface area contributed by atoms with Gasteiger partial charge in [0.1, 0.15) is 5.82 Å². The van der Waals surface area contributed by atoms with Crippen LogP contribution in [0.15, 0.2) is 47.6 Å². The molecule has 0 aromatic heterocycles. The molecule has 4 N–H and O–H groups in total. The summed E-state index contributed by atoms with van der Waals surface area (Å²) in [5.74, 6) is -0.336. The van der Waals surface area contributed by atoms with Crippen LogP contribution in [0.4, 0.5) is 10.1 Å². The highest BCUT2D eigenvalue weighted by molar-refractivity contribution is 6.31. The molecule has 0 fully saturated rings. The first kappa shape index (κ1) is 14.1. The topological polar surface area (TPSA) is 70.6 Å². The van der Waals surface area contributed by atoms with E-state index in [0.29, 0.717) is 22.8 Å². The summed E-state index contributed by atoms with van der Waals surface area (Å²) in [6, 6.07) is 11.4. The van der Waals surface area contributed by atoms with Crippen LogP contribution >= 0.6 is 11.6 Å². The van der Waals surface area contributed by atoms with Gasteiger partial charge in [0.25, 0.3) is 0 Å². The van der Waals surface area contributed by atoms with Crippen molar-refractivity contribution in [1.82, 2.24) is 0 Å². The number of nitrogens with zero attached hydrogens (tertiary/aromatic N) is 1. The fourth-order valence-electron chi connectivity index (χ4n) is 1.70. The van der Waals surface area contributed by atoms with Crippen LogP contribution in [0.5, 0.6) is 0 Å². The third-order valence-corrected chi connectivity index (χ3v) is 3.15. The highest BCUT2D eigenvalue weighted by Gasteiger charge is 2.06. The Labute approximate surface area is 120 Å². The van der Waals surface area contributed by atoms with Gasteiger partial charge in [-0.25, -0.2) is 4.39 Å². The van der Waals surface area contributed by atoms with E-state index in [1.54, 1.807) is 36.4 Å². The zero-order valence-corrected chi connectivity index (χ0v) is 11.2. The fourth-order valence-corrected chi connectivity index (χ4v) is 1.95. The summed E-state index contributed by atoms with van der Waals surface area (Å²) >= 11 is 6.11. The minimum absolute atomic E-state index is 0.0134. The largest absolute Gasteiger partial charge is 0.409 e. The van der Waals surface area contributed by atoms with Crippen LogP contribution in [0.3, 0.4) is 0 Å². The van der Waals surface area contributed by atoms with Gasteiger partial charge in [-0.3, -0.25) is 0 Å². The highest BCUT2D eigenvalue weighted by Crippen LogP contribution is 2.20. The predicted octanol–water partition coefficient (Wildman–Crippen LogP) is 3.19. The third kappa shape index (κ3) is 3.19. The number of hydrogen-bond donors (Lipinski definition) is 3. The lowest BCUT2D eigenvalue weighted by molar-refractivity contribution is 0.318. The van der Waals surface area contributed by atoms with E-state index < -0.39 is 0 Å². The molecule has 2 aromatic rings. The summed E-state index contributed by atoms with van der Waals surface area (Å²) in [5.41, 5.74) is 7.18. The van der Waals surface area contributed by atoms with Crippen molar-refractivity contribution in [1.29, 1.82) is 0 Å². The van der Waals surface area contributed by atoms with Crippen LogP contribution in [0.1, 0.15) is 11.1 Å². The molecule has 0 bridgehead atoms. The van der Waals surface area contributed by atoms with Crippen molar-refractivity contribution in [2.75, 3.05) is 5.32 Å². The van der Waals surface area contributed by atoms with Gasteiger partial charge >= 0.3 is 0 Å². The van der Waals surface area contributed by atoms with Crippen molar-refractivity contribution in [3.8, 4) is 0 Å². The first-order valence-electron chi connectivity index (χ1n) is 5.86. The van der Waals surface area contributed by atoms with Crippen molar-refractivity contribution in [3.63, 3.8) is 0 Å². The molecule has 2 aromatic carbocycles. The Morgan fingerprint density at radius 3 is 2.70 bits per heavy atom. The first-order valence-corrected chi connectivity index (χ1v) is 6.24. The number of para-hydroxylation sites is 1. The Hall–Kier alpha value is -2.27. The van der Waals surface area contributed by atoms with Gasteiger partial charge in [0.05, 0.1) is 5.69 Å². The molecule has 0 spiro atoms. The molecule has 0 saturated heterocycles. The molecule has 0 amide bonds. The van der Waals surface area contributed by atoms with E-state index in [-0.39, 0.29) is 11.7 Å². The van der Waals surface area contributed by atoms with Gasteiger partial charge in [-0.1, -0.05) is 41.0 Å². The Morgan fingerprint density at radius 1 is 1.30 bits per heavy atom. The fraction of sp³-hybridized carbons (Fsp3) is 0.0714. The van der Waals surface area contributed by atoms with Crippen LogP contribution in [-0.2, 0) is 6.54 Å². The van der Waals surface area contributed by atoms with E-state index in [0.717, 1.165) is 5.56 Å². The van der Waals surface area contributed by atoms with Crippen LogP contribution in [0, 0.1) is 5.82 Å². The molecule has 20 heavy (non-hydrogen) atoms. The highest BCUT2D eigenvalue weighted by atomic mass is 35.5. The smallest absolute Gasteiger partial charge is 0.170 e. The Morgan fingerprint density at radius 2 is 2.05 bits per heavy atom. The zero-order chi connectivity index (χ0) is 14.5. The van der Waals surface area contributed by atoms with E-state index >= 15 is 0 Å². The lowest BCUT2D eigenvalue weighted by Gasteiger charge is -2.10. The molecule has 0 aliphatic heterocycles. The standard InChI is InChI=1S/C14H13ClFN3O/c15-11-7-9(14(17)19-20)5-6-10(11)8-18-13-4-2-1-3-12(13)16/h1-7,18,20H,8H2,(H2,17,19). The minimum atomic E-state index is -0.322. The molecule has 0 atom stereocenters. The van der Waals surface area contributed by atoms with Gasteiger partial charge in [-0.05, 0) is 23.8 Å². The van der Waals surface area contributed by atoms with Crippen LogP contribution in [-0.4, -0.2) is 11.0 Å². The number of nitrogens with one attached hydrogen (secondary N) is 1. The Bertz CT molecular complexity index is 646. The van der Waals surface area contributed by atoms with Crippen LogP contribution in [0.2, 0.25) is 5.02 Å². The van der Waals surface area contributed by atoms with Crippen LogP contribution in [0.25, 0.3) is 0 Å². The van der Waals surface area contributed by atoms with Crippen molar-refractivity contribution in [2.45, 2.75) is 6.54 Å². The van der Waals surface area contributed by atoms with Crippen molar-refractivity contribution < 1.29 is 9.60 Å². The second kappa shape index (κ2) is 6.25. The number of hydrogen-bond acceptors (Lipinski definition) is 3. The molecule has 6 heteroatoms. The van der Waals surface area contributed by atoms with Crippen molar-refractivity contribution >= 4 is 23.1 Å². The monoisotopic (exact) mass is 293 g/mol. The number of halogens is 2. The van der Waals surface area contributed by atoms with Gasteiger partial charge in [-0.2, -0.15) is 0 Å². The van der Waals surface area contributed by atoms with E-state index in [1.807, 2.05) is 0 Å². The van der Waals surface area contributed by atoms with E-state index in [4.69, 9.17) is 22.5 Å². The van der Waals surface area contributed by atoms with E-state index in [2.05, 4.69) is 10.5 Å².